The number of ether oxygens (including phenoxy) is 1. The maximum absolute atomic E-state index is 5.70. The highest BCUT2D eigenvalue weighted by atomic mass is 16.5. The summed E-state index contributed by atoms with van der Waals surface area (Å²) in [5, 5.41) is 0. The quantitative estimate of drug-likeness (QED) is 0.396. The maximum Gasteiger partial charge on any atom is 0.188 e. The van der Waals surface area contributed by atoms with Gasteiger partial charge in [-0.2, -0.15) is 0 Å². The van der Waals surface area contributed by atoms with E-state index in [9.17, 15) is 0 Å². The summed E-state index contributed by atoms with van der Waals surface area (Å²) in [6, 6.07) is 0. The Hall–Kier alpha value is -0.925. The van der Waals surface area contributed by atoms with Crippen LogP contribution in [0.15, 0.2) is 16.4 Å². The minimum absolute atomic E-state index is 0.477. The average molecular weight is 181 g/mol. The molecule has 0 amide bonds. The molecule has 0 aliphatic carbocycles. The molecule has 73 valence electrons. The maximum atomic E-state index is 5.70. The molecule has 0 rings (SSSR count). The first kappa shape index (κ1) is 12.1. The second-order valence-electron chi connectivity index (χ2n) is 2.70. The Balaban J connectivity index is 4.51. The lowest BCUT2D eigenvalue weighted by molar-refractivity contribution is 0.224. The lowest BCUT2D eigenvalue weighted by Crippen LogP contribution is -2.12. The predicted octanol–water partition coefficient (Wildman–Crippen LogP) is 1.45. The van der Waals surface area contributed by atoms with Crippen LogP contribution in [0.4, 0.5) is 0 Å². The third-order valence-corrected chi connectivity index (χ3v) is 1.77. The Morgan fingerprint density at radius 1 is 1.54 bits per heavy atom. The summed E-state index contributed by atoms with van der Waals surface area (Å²) in [4.78, 5) is 4.15. The second-order valence-corrected chi connectivity index (χ2v) is 2.70. The van der Waals surface area contributed by atoms with E-state index in [4.69, 9.17) is 10.5 Å². The number of hydrogen-bond donors (Lipinski definition) is 1. The number of nitrogens with two attached hydrogens (primary N) is 1. The van der Waals surface area contributed by atoms with Crippen molar-refractivity contribution in [3.05, 3.63) is 11.5 Å². The number of nitrogens with zero attached hydrogens (tertiary/aromatic N) is 1. The molecule has 0 saturated heterocycles. The molecule has 0 aliphatic rings. The van der Waals surface area contributed by atoms with Crippen molar-refractivity contribution in [1.82, 2.24) is 0 Å². The Kier molecular flexibility index (Phi) is 6.11. The molecule has 0 aromatic rings. The van der Waals surface area contributed by atoms with Gasteiger partial charge in [0.15, 0.2) is 5.88 Å². The molecule has 0 bridgehead atoms. The van der Waals surface area contributed by atoms with Gasteiger partial charge in [-0.25, -0.2) is 0 Å². The van der Waals surface area contributed by atoms with E-state index in [1.165, 1.54) is 0 Å². The molecule has 0 atom stereocenters. The zero-order valence-electron chi connectivity index (χ0n) is 8.92. The first-order valence-electron chi connectivity index (χ1n) is 4.50. The van der Waals surface area contributed by atoms with E-state index in [2.05, 4.69) is 4.99 Å². The molecule has 0 heterocycles. The molecule has 4 heteroatoms. The fraction of sp³-hybridized carbons (Fsp3) is 0.667. The van der Waals surface area contributed by atoms with E-state index in [-0.39, 0.29) is 0 Å². The fourth-order valence-corrected chi connectivity index (χ4v) is 1.01. The minimum Gasteiger partial charge on any atom is -0.479 e. The van der Waals surface area contributed by atoms with Crippen molar-refractivity contribution in [3.8, 4) is 0 Å². The normalized spacial score (nSPS) is 13.7. The van der Waals surface area contributed by atoms with E-state index >= 15 is 0 Å². The zero-order valence-corrected chi connectivity index (χ0v) is 8.92. The average Bonchev–Trinajstić information content (AvgIpc) is 2.13. The second kappa shape index (κ2) is 6.58. The fourth-order valence-electron chi connectivity index (χ4n) is 1.01. The first-order chi connectivity index (χ1) is 6.17. The highest BCUT2D eigenvalue weighted by Crippen LogP contribution is 2.06. The molecule has 0 aromatic carbocycles. The summed E-state index contributed by atoms with van der Waals surface area (Å²) >= 11 is 0. The van der Waals surface area contributed by atoms with Gasteiger partial charge in [0, 0.05) is 18.3 Å². The summed E-state index contributed by atoms with van der Waals surface area (Å²) in [7, 11) is 3.81. The Morgan fingerprint density at radius 2 is 2.15 bits per heavy atom. The topological polar surface area (TPSA) is 47.6 Å². The minimum atomic E-state index is 0.477. The van der Waals surface area contributed by atoms with Gasteiger partial charge >= 0.3 is 0 Å². The monoisotopic (exact) mass is 181 g/mol. The lowest BCUT2D eigenvalue weighted by atomic mass is 9.75. The van der Waals surface area contributed by atoms with Crippen molar-refractivity contribution in [2.45, 2.75) is 27.0 Å². The van der Waals surface area contributed by atoms with Crippen molar-refractivity contribution < 1.29 is 4.74 Å². The van der Waals surface area contributed by atoms with Gasteiger partial charge in [-0.3, -0.25) is 4.99 Å². The van der Waals surface area contributed by atoms with Gasteiger partial charge in [0.05, 0.1) is 6.61 Å². The number of aliphatic imine (C=N–C) groups is 1. The SMILES string of the molecule is C[B]CC(=NC)/C(C)=C(\N)OCC. The molecule has 0 aliphatic heterocycles. The van der Waals surface area contributed by atoms with Crippen molar-refractivity contribution in [2.75, 3.05) is 13.7 Å². The molecular formula is C9H18BN2O. The van der Waals surface area contributed by atoms with Gasteiger partial charge in [0.25, 0.3) is 0 Å². The van der Waals surface area contributed by atoms with Crippen molar-refractivity contribution in [1.29, 1.82) is 0 Å². The molecule has 0 unspecified atom stereocenters. The molecule has 0 fully saturated rings. The third-order valence-electron chi connectivity index (χ3n) is 1.77. The molecule has 0 saturated carbocycles. The van der Waals surface area contributed by atoms with Crippen molar-refractivity contribution >= 4 is 13.0 Å². The van der Waals surface area contributed by atoms with Crippen LogP contribution in [0.5, 0.6) is 0 Å². The summed E-state index contributed by atoms with van der Waals surface area (Å²) in [6.45, 7) is 6.43. The van der Waals surface area contributed by atoms with E-state index in [0.29, 0.717) is 12.5 Å². The molecule has 0 spiro atoms. The Bertz CT molecular complexity index is 212. The number of rotatable bonds is 5. The van der Waals surface area contributed by atoms with Gasteiger partial charge in [0.2, 0.25) is 0 Å². The molecule has 2 N–H and O–H groups in total. The first-order valence-corrected chi connectivity index (χ1v) is 4.50. The summed E-state index contributed by atoms with van der Waals surface area (Å²) in [5.74, 6) is 0.477. The van der Waals surface area contributed by atoms with Crippen LogP contribution in [0.3, 0.4) is 0 Å². The molecular weight excluding hydrogens is 163 g/mol. The van der Waals surface area contributed by atoms with E-state index in [1.807, 2.05) is 28.0 Å². The standard InChI is InChI=1S/C9H18BN2O/c1-5-13-9(11)7(2)8(12-4)6-10-3/h5-6,11H2,1-4H3/b9-7+,12-8?. The van der Waals surface area contributed by atoms with Crippen LogP contribution in [0.2, 0.25) is 13.1 Å². The van der Waals surface area contributed by atoms with Crippen LogP contribution in [0.1, 0.15) is 13.8 Å². The van der Waals surface area contributed by atoms with Crippen LogP contribution in [0.25, 0.3) is 0 Å². The van der Waals surface area contributed by atoms with Crippen LogP contribution < -0.4 is 5.73 Å². The smallest absolute Gasteiger partial charge is 0.188 e. The summed E-state index contributed by atoms with van der Waals surface area (Å²) < 4.78 is 5.20. The van der Waals surface area contributed by atoms with Gasteiger partial charge in [-0.05, 0) is 20.2 Å². The van der Waals surface area contributed by atoms with Gasteiger partial charge in [0.1, 0.15) is 7.28 Å². The van der Waals surface area contributed by atoms with E-state index in [0.717, 1.165) is 17.6 Å². The highest BCUT2D eigenvalue weighted by Gasteiger charge is 2.05. The Labute approximate surface area is 81.3 Å². The molecule has 13 heavy (non-hydrogen) atoms. The van der Waals surface area contributed by atoms with Crippen molar-refractivity contribution in [2.24, 2.45) is 10.7 Å². The molecule has 0 aromatic heterocycles. The summed E-state index contributed by atoms with van der Waals surface area (Å²) in [5.41, 5.74) is 7.61. The number of hydrogen-bond acceptors (Lipinski definition) is 3. The summed E-state index contributed by atoms with van der Waals surface area (Å²) in [6.07, 6.45) is 0.829. The van der Waals surface area contributed by atoms with Crippen LogP contribution in [-0.2, 0) is 4.74 Å². The predicted molar refractivity (Wildman–Crippen MR) is 58.3 cm³/mol. The van der Waals surface area contributed by atoms with E-state index in [1.54, 1.807) is 7.05 Å². The third kappa shape index (κ3) is 4.01. The van der Waals surface area contributed by atoms with Gasteiger partial charge in [-0.1, -0.05) is 6.82 Å². The number of allylic oxidation sites excluding steroid dienone is 1. The van der Waals surface area contributed by atoms with Gasteiger partial charge < -0.3 is 10.5 Å². The van der Waals surface area contributed by atoms with Gasteiger partial charge in [-0.15, -0.1) is 0 Å². The van der Waals surface area contributed by atoms with E-state index < -0.39 is 0 Å². The largest absolute Gasteiger partial charge is 0.479 e. The molecule has 3 nitrogen and oxygen atoms in total. The van der Waals surface area contributed by atoms with Crippen LogP contribution >= 0.6 is 0 Å². The van der Waals surface area contributed by atoms with Crippen LogP contribution in [0, 0.1) is 0 Å². The Morgan fingerprint density at radius 3 is 2.54 bits per heavy atom. The highest BCUT2D eigenvalue weighted by molar-refractivity contribution is 6.42. The molecule has 1 radical (unpaired) electrons. The van der Waals surface area contributed by atoms with Crippen LogP contribution in [-0.4, -0.2) is 26.6 Å². The lowest BCUT2D eigenvalue weighted by Gasteiger charge is -2.09. The zero-order chi connectivity index (χ0) is 10.3. The van der Waals surface area contributed by atoms with Crippen molar-refractivity contribution in [3.63, 3.8) is 0 Å².